The Morgan fingerprint density at radius 1 is 1.24 bits per heavy atom. The number of benzene rings is 1. The predicted molar refractivity (Wildman–Crippen MR) is 80.3 cm³/mol. The minimum atomic E-state index is 0.684. The van der Waals surface area contributed by atoms with Gasteiger partial charge in [0, 0.05) is 11.1 Å². The summed E-state index contributed by atoms with van der Waals surface area (Å²) in [5.74, 6) is 0.684. The zero-order valence-electron chi connectivity index (χ0n) is 11.2. The fraction of sp³-hybridized carbons (Fsp3) is 0.429. The summed E-state index contributed by atoms with van der Waals surface area (Å²) < 4.78 is 0. The van der Waals surface area contributed by atoms with Crippen LogP contribution in [0.25, 0.3) is 4.91 Å². The van der Waals surface area contributed by atoms with E-state index in [4.69, 9.17) is 10.9 Å². The second-order valence-corrected chi connectivity index (χ2v) is 4.62. The standard InChI is InChI=1S/C12H18N2S.C2H6/c1-9(2)7-10-3-5-11(6-4-10)12(8-13)15-14;1-2/h3-6,8-9H,7,13-14H2,1-2H3;1-2H3/b12-8-;. The fourth-order valence-electron chi connectivity index (χ4n) is 1.48. The maximum atomic E-state index is 5.50. The summed E-state index contributed by atoms with van der Waals surface area (Å²) in [5, 5.41) is 5.50. The first kappa shape index (κ1) is 16.1. The minimum absolute atomic E-state index is 0.684. The van der Waals surface area contributed by atoms with Crippen molar-refractivity contribution < 1.29 is 0 Å². The van der Waals surface area contributed by atoms with E-state index in [1.54, 1.807) is 6.20 Å². The summed E-state index contributed by atoms with van der Waals surface area (Å²) in [6.45, 7) is 8.43. The van der Waals surface area contributed by atoms with E-state index in [0.29, 0.717) is 5.92 Å². The van der Waals surface area contributed by atoms with Crippen LogP contribution in [0.15, 0.2) is 30.5 Å². The molecule has 0 heterocycles. The molecule has 2 nitrogen and oxygen atoms in total. The molecule has 0 radical (unpaired) electrons. The van der Waals surface area contributed by atoms with Crippen LogP contribution < -0.4 is 10.9 Å². The Labute approximate surface area is 110 Å². The van der Waals surface area contributed by atoms with E-state index >= 15 is 0 Å². The lowest BCUT2D eigenvalue weighted by Gasteiger charge is -2.07. The highest BCUT2D eigenvalue weighted by Crippen LogP contribution is 2.22. The number of hydrogen-bond acceptors (Lipinski definition) is 3. The van der Waals surface area contributed by atoms with Gasteiger partial charge >= 0.3 is 0 Å². The van der Waals surface area contributed by atoms with Crippen LogP contribution in [0.2, 0.25) is 0 Å². The average molecular weight is 252 g/mol. The van der Waals surface area contributed by atoms with Gasteiger partial charge in [-0.2, -0.15) is 0 Å². The Kier molecular flexibility index (Phi) is 8.64. The second kappa shape index (κ2) is 9.14. The molecule has 0 aliphatic heterocycles. The van der Waals surface area contributed by atoms with E-state index < -0.39 is 0 Å². The third-order valence-corrected chi connectivity index (χ3v) is 2.79. The third kappa shape index (κ3) is 5.80. The largest absolute Gasteiger partial charge is 0.404 e. The molecule has 0 amide bonds. The van der Waals surface area contributed by atoms with E-state index in [1.165, 1.54) is 17.5 Å². The molecule has 4 N–H and O–H groups in total. The van der Waals surface area contributed by atoms with Crippen LogP contribution in [0.5, 0.6) is 0 Å². The van der Waals surface area contributed by atoms with Crippen LogP contribution >= 0.6 is 11.9 Å². The molecule has 1 aromatic rings. The lowest BCUT2D eigenvalue weighted by Crippen LogP contribution is -1.95. The number of hydrogen-bond donors (Lipinski definition) is 2. The molecule has 1 rings (SSSR count). The van der Waals surface area contributed by atoms with Crippen molar-refractivity contribution in [3.05, 3.63) is 41.6 Å². The Morgan fingerprint density at radius 3 is 2.12 bits per heavy atom. The van der Waals surface area contributed by atoms with E-state index in [2.05, 4.69) is 38.1 Å². The normalized spacial score (nSPS) is 11.1. The fourth-order valence-corrected chi connectivity index (χ4v) is 1.83. The van der Waals surface area contributed by atoms with E-state index in [-0.39, 0.29) is 0 Å². The molecule has 0 saturated carbocycles. The first-order valence-electron chi connectivity index (χ1n) is 6.05. The maximum Gasteiger partial charge on any atom is 0.0452 e. The smallest absolute Gasteiger partial charge is 0.0452 e. The molecule has 96 valence electrons. The molecule has 0 atom stereocenters. The van der Waals surface area contributed by atoms with Crippen molar-refractivity contribution in [1.82, 2.24) is 0 Å². The van der Waals surface area contributed by atoms with Crippen LogP contribution in [0.3, 0.4) is 0 Å². The highest BCUT2D eigenvalue weighted by atomic mass is 32.2. The van der Waals surface area contributed by atoms with Gasteiger partial charge in [-0.15, -0.1) is 0 Å². The zero-order chi connectivity index (χ0) is 13.3. The summed E-state index contributed by atoms with van der Waals surface area (Å²) in [6.07, 6.45) is 2.65. The molecular weight excluding hydrogens is 228 g/mol. The quantitative estimate of drug-likeness (QED) is 0.802. The van der Waals surface area contributed by atoms with Crippen molar-refractivity contribution in [2.75, 3.05) is 0 Å². The Morgan fingerprint density at radius 2 is 1.76 bits per heavy atom. The number of nitrogens with two attached hydrogens (primary N) is 2. The molecule has 0 aliphatic carbocycles. The molecular formula is C14H24N2S. The molecule has 0 bridgehead atoms. The van der Waals surface area contributed by atoms with Gasteiger partial charge in [0.05, 0.1) is 0 Å². The van der Waals surface area contributed by atoms with Crippen molar-refractivity contribution >= 4 is 16.9 Å². The van der Waals surface area contributed by atoms with Gasteiger partial charge in [0.25, 0.3) is 0 Å². The third-order valence-electron chi connectivity index (χ3n) is 2.16. The first-order chi connectivity index (χ1) is 8.17. The number of rotatable bonds is 4. The van der Waals surface area contributed by atoms with Crippen LogP contribution in [0, 0.1) is 5.92 Å². The van der Waals surface area contributed by atoms with Crippen LogP contribution in [0.1, 0.15) is 38.8 Å². The van der Waals surface area contributed by atoms with Crippen LogP contribution in [-0.2, 0) is 6.42 Å². The van der Waals surface area contributed by atoms with E-state index in [1.807, 2.05) is 13.8 Å². The van der Waals surface area contributed by atoms with Crippen molar-refractivity contribution in [2.24, 2.45) is 16.8 Å². The first-order valence-corrected chi connectivity index (χ1v) is 6.93. The Hall–Kier alpha value is -0.930. The molecule has 0 fully saturated rings. The second-order valence-electron chi connectivity index (χ2n) is 3.94. The molecule has 0 unspecified atom stereocenters. The van der Waals surface area contributed by atoms with Gasteiger partial charge in [-0.25, -0.2) is 0 Å². The van der Waals surface area contributed by atoms with E-state index in [9.17, 15) is 0 Å². The van der Waals surface area contributed by atoms with Gasteiger partial charge in [0.15, 0.2) is 0 Å². The lowest BCUT2D eigenvalue weighted by molar-refractivity contribution is 0.647. The van der Waals surface area contributed by atoms with Crippen LogP contribution in [-0.4, -0.2) is 0 Å². The van der Waals surface area contributed by atoms with Crippen molar-refractivity contribution in [3.8, 4) is 0 Å². The molecule has 0 spiro atoms. The SMILES string of the molecule is CC.CC(C)Cc1ccc(/C(=C/N)SN)cc1. The summed E-state index contributed by atoms with van der Waals surface area (Å²) >= 11 is 1.18. The lowest BCUT2D eigenvalue weighted by atomic mass is 10.0. The molecule has 0 aromatic heterocycles. The van der Waals surface area contributed by atoms with E-state index in [0.717, 1.165) is 16.9 Å². The predicted octanol–water partition coefficient (Wildman–Crippen LogP) is 3.78. The summed E-state index contributed by atoms with van der Waals surface area (Å²) in [6, 6.07) is 8.40. The Balaban J connectivity index is 0.00000121. The topological polar surface area (TPSA) is 52.0 Å². The van der Waals surface area contributed by atoms with Gasteiger partial charge in [-0.1, -0.05) is 52.0 Å². The highest BCUT2D eigenvalue weighted by molar-refractivity contribution is 8.06. The highest BCUT2D eigenvalue weighted by Gasteiger charge is 2.01. The minimum Gasteiger partial charge on any atom is -0.404 e. The molecule has 0 saturated heterocycles. The van der Waals surface area contributed by atoms with Gasteiger partial charge in [-0.05, 0) is 35.4 Å². The Bertz CT molecular complexity index is 329. The van der Waals surface area contributed by atoms with Crippen molar-refractivity contribution in [1.29, 1.82) is 0 Å². The van der Waals surface area contributed by atoms with Gasteiger partial charge in [-0.3, -0.25) is 5.14 Å². The molecule has 3 heteroatoms. The zero-order valence-corrected chi connectivity index (χ0v) is 12.1. The molecule has 1 aromatic carbocycles. The average Bonchev–Trinajstić information content (AvgIpc) is 2.35. The van der Waals surface area contributed by atoms with Crippen LogP contribution in [0.4, 0.5) is 0 Å². The van der Waals surface area contributed by atoms with Crippen molar-refractivity contribution in [2.45, 2.75) is 34.1 Å². The molecule has 17 heavy (non-hydrogen) atoms. The maximum absolute atomic E-state index is 5.50. The van der Waals surface area contributed by atoms with Gasteiger partial charge in [0.2, 0.25) is 0 Å². The summed E-state index contributed by atoms with van der Waals surface area (Å²) in [5.41, 5.74) is 7.91. The monoisotopic (exact) mass is 252 g/mol. The summed E-state index contributed by atoms with van der Waals surface area (Å²) in [4.78, 5) is 0.908. The van der Waals surface area contributed by atoms with Gasteiger partial charge in [0.1, 0.15) is 0 Å². The molecule has 0 aliphatic rings. The van der Waals surface area contributed by atoms with Crippen molar-refractivity contribution in [3.63, 3.8) is 0 Å². The van der Waals surface area contributed by atoms with Gasteiger partial charge < -0.3 is 5.73 Å². The summed E-state index contributed by atoms with van der Waals surface area (Å²) in [7, 11) is 0.